The van der Waals surface area contributed by atoms with E-state index in [1.165, 1.54) is 5.56 Å². The van der Waals surface area contributed by atoms with Crippen molar-refractivity contribution >= 4 is 34.8 Å². The van der Waals surface area contributed by atoms with Gasteiger partial charge in [0, 0.05) is 40.8 Å². The van der Waals surface area contributed by atoms with Crippen LogP contribution < -0.4 is 11.1 Å². The predicted molar refractivity (Wildman–Crippen MR) is 136 cm³/mol. The number of nitrogens with two attached hydrogens (primary N) is 1. The van der Waals surface area contributed by atoms with Crippen molar-refractivity contribution < 1.29 is 0 Å². The molecule has 0 spiro atoms. The summed E-state index contributed by atoms with van der Waals surface area (Å²) in [6.07, 6.45) is 6.02. The Morgan fingerprint density at radius 1 is 0.971 bits per heavy atom. The smallest absolute Gasteiger partial charge is 0.256 e. The maximum absolute atomic E-state index is 6.51. The van der Waals surface area contributed by atoms with Crippen molar-refractivity contribution in [2.75, 3.05) is 11.1 Å². The summed E-state index contributed by atoms with van der Waals surface area (Å²) in [5.74, 6) is 1.41. The van der Waals surface area contributed by atoms with Crippen molar-refractivity contribution in [3.05, 3.63) is 106 Å². The lowest BCUT2D eigenvalue weighted by Gasteiger charge is -2.10. The molecular formula is C26H24ClN7. The van der Waals surface area contributed by atoms with Gasteiger partial charge in [-0.25, -0.2) is 4.98 Å². The first-order valence-electron chi connectivity index (χ1n) is 11.1. The van der Waals surface area contributed by atoms with Crippen LogP contribution in [0.5, 0.6) is 0 Å². The second-order valence-electron chi connectivity index (χ2n) is 8.16. The van der Waals surface area contributed by atoms with Gasteiger partial charge in [0.1, 0.15) is 5.82 Å². The molecule has 0 saturated heterocycles. The molecule has 0 aliphatic heterocycles. The molecule has 8 heteroatoms. The summed E-state index contributed by atoms with van der Waals surface area (Å²) in [6.45, 7) is 1.95. The maximum Gasteiger partial charge on any atom is 0.256 e. The second-order valence-corrected chi connectivity index (χ2v) is 8.59. The van der Waals surface area contributed by atoms with E-state index >= 15 is 0 Å². The number of fused-ring (bicyclic) bond motifs is 1. The Bertz CT molecular complexity index is 1430. The number of hydrogen-bond donors (Lipinski definition) is 2. The average Bonchev–Trinajstić information content (AvgIpc) is 3.25. The van der Waals surface area contributed by atoms with Crippen molar-refractivity contribution in [3.8, 4) is 0 Å². The van der Waals surface area contributed by atoms with Gasteiger partial charge < -0.3 is 11.1 Å². The summed E-state index contributed by atoms with van der Waals surface area (Å²) in [7, 11) is 0. The SMILES string of the molecule is Cc1nc2nc(Nc3cc(Cl)ccc3CCc3cccnc3)nn2c(N)c1Cc1ccccc1. The van der Waals surface area contributed by atoms with Crippen LogP contribution in [0.2, 0.25) is 5.02 Å². The number of aryl methyl sites for hydroxylation is 3. The highest BCUT2D eigenvalue weighted by Gasteiger charge is 2.16. The van der Waals surface area contributed by atoms with Crippen LogP contribution in [-0.4, -0.2) is 24.6 Å². The normalized spacial score (nSPS) is 11.1. The third-order valence-electron chi connectivity index (χ3n) is 5.78. The number of hydrogen-bond acceptors (Lipinski definition) is 6. The Balaban J connectivity index is 1.43. The number of nitrogens with one attached hydrogen (secondary N) is 1. The molecule has 0 radical (unpaired) electrons. The van der Waals surface area contributed by atoms with Crippen molar-refractivity contribution in [1.82, 2.24) is 24.6 Å². The summed E-state index contributed by atoms with van der Waals surface area (Å²) >= 11 is 6.29. The van der Waals surface area contributed by atoms with Crippen LogP contribution in [0, 0.1) is 6.92 Å². The second kappa shape index (κ2) is 9.49. The fourth-order valence-electron chi connectivity index (χ4n) is 3.97. The first kappa shape index (κ1) is 21.9. The number of halogens is 1. The molecule has 0 aliphatic carbocycles. The third-order valence-corrected chi connectivity index (χ3v) is 6.01. The van der Waals surface area contributed by atoms with E-state index in [1.807, 2.05) is 55.6 Å². The molecular weight excluding hydrogens is 446 g/mol. The molecule has 34 heavy (non-hydrogen) atoms. The standard InChI is InChI=1S/C26H24ClN7/c1-17-22(14-18-6-3-2-4-7-18)24(28)34-26(30-17)32-25(33-34)31-23-15-21(27)12-11-20(23)10-9-19-8-5-13-29-16-19/h2-8,11-13,15-16H,9-10,14,28H2,1H3,(H,31,33). The highest BCUT2D eigenvalue weighted by Crippen LogP contribution is 2.26. The lowest BCUT2D eigenvalue weighted by atomic mass is 10.0. The molecule has 0 aliphatic rings. The van der Waals surface area contributed by atoms with Gasteiger partial charge in [0.2, 0.25) is 5.95 Å². The molecule has 170 valence electrons. The number of pyridine rings is 1. The molecule has 3 heterocycles. The Labute approximate surface area is 202 Å². The molecule has 0 saturated carbocycles. The Morgan fingerprint density at radius 2 is 1.79 bits per heavy atom. The lowest BCUT2D eigenvalue weighted by molar-refractivity contribution is 0.916. The van der Waals surface area contributed by atoms with Gasteiger partial charge >= 0.3 is 0 Å². The molecule has 0 amide bonds. The summed E-state index contributed by atoms with van der Waals surface area (Å²) in [4.78, 5) is 13.4. The maximum atomic E-state index is 6.51. The van der Waals surface area contributed by atoms with Gasteiger partial charge in [-0.3, -0.25) is 4.98 Å². The fraction of sp³-hybridized carbons (Fsp3) is 0.154. The molecule has 3 aromatic heterocycles. The molecule has 0 atom stereocenters. The van der Waals surface area contributed by atoms with E-state index in [-0.39, 0.29) is 0 Å². The largest absolute Gasteiger partial charge is 0.383 e. The minimum atomic E-state index is 0.417. The van der Waals surface area contributed by atoms with Crippen LogP contribution in [0.4, 0.5) is 17.5 Å². The van der Waals surface area contributed by atoms with E-state index in [4.69, 9.17) is 17.3 Å². The Morgan fingerprint density at radius 3 is 2.59 bits per heavy atom. The number of benzene rings is 2. The first-order valence-corrected chi connectivity index (χ1v) is 11.4. The Hall–Kier alpha value is -3.97. The highest BCUT2D eigenvalue weighted by atomic mass is 35.5. The number of anilines is 3. The number of aromatic nitrogens is 5. The monoisotopic (exact) mass is 469 g/mol. The quantitative estimate of drug-likeness (QED) is 0.341. The highest BCUT2D eigenvalue weighted by molar-refractivity contribution is 6.30. The molecule has 0 fully saturated rings. The summed E-state index contributed by atoms with van der Waals surface area (Å²) in [6, 6.07) is 20.0. The molecule has 5 rings (SSSR count). The van der Waals surface area contributed by atoms with Gasteiger partial charge in [0.15, 0.2) is 0 Å². The van der Waals surface area contributed by atoms with E-state index in [1.54, 1.807) is 10.7 Å². The van der Waals surface area contributed by atoms with Crippen LogP contribution in [0.1, 0.15) is 27.9 Å². The fourth-order valence-corrected chi connectivity index (χ4v) is 4.14. The van der Waals surface area contributed by atoms with Gasteiger partial charge in [-0.05, 0) is 54.7 Å². The molecule has 3 N–H and O–H groups in total. The number of rotatable bonds is 7. The van der Waals surface area contributed by atoms with Gasteiger partial charge in [0.25, 0.3) is 5.78 Å². The van der Waals surface area contributed by atoms with Gasteiger partial charge in [-0.2, -0.15) is 9.50 Å². The lowest BCUT2D eigenvalue weighted by Crippen LogP contribution is -2.09. The van der Waals surface area contributed by atoms with Gasteiger partial charge in [-0.1, -0.05) is 54.1 Å². The number of nitrogen functional groups attached to an aromatic ring is 1. The third kappa shape index (κ3) is 4.70. The average molecular weight is 470 g/mol. The summed E-state index contributed by atoms with van der Waals surface area (Å²) in [5.41, 5.74) is 12.6. The van der Waals surface area contributed by atoms with Crippen LogP contribution in [-0.2, 0) is 19.3 Å². The molecule has 5 aromatic rings. The predicted octanol–water partition coefficient (Wildman–Crippen LogP) is 5.18. The van der Waals surface area contributed by atoms with Crippen molar-refractivity contribution in [2.24, 2.45) is 0 Å². The summed E-state index contributed by atoms with van der Waals surface area (Å²) < 4.78 is 1.59. The van der Waals surface area contributed by atoms with E-state index in [9.17, 15) is 0 Å². The van der Waals surface area contributed by atoms with E-state index in [0.29, 0.717) is 29.0 Å². The summed E-state index contributed by atoms with van der Waals surface area (Å²) in [5, 5.41) is 8.54. The van der Waals surface area contributed by atoms with Crippen LogP contribution in [0.15, 0.2) is 73.1 Å². The Kier molecular flexibility index (Phi) is 6.10. The first-order chi connectivity index (χ1) is 16.6. The van der Waals surface area contributed by atoms with Crippen molar-refractivity contribution in [3.63, 3.8) is 0 Å². The minimum absolute atomic E-state index is 0.417. The zero-order valence-electron chi connectivity index (χ0n) is 18.7. The molecule has 2 aromatic carbocycles. The molecule has 0 bridgehead atoms. The zero-order chi connectivity index (χ0) is 23.5. The zero-order valence-corrected chi connectivity index (χ0v) is 19.5. The van der Waals surface area contributed by atoms with Gasteiger partial charge in [0.05, 0.1) is 0 Å². The van der Waals surface area contributed by atoms with Crippen molar-refractivity contribution in [2.45, 2.75) is 26.2 Å². The van der Waals surface area contributed by atoms with Crippen LogP contribution in [0.3, 0.4) is 0 Å². The number of nitrogens with zero attached hydrogens (tertiary/aromatic N) is 5. The van der Waals surface area contributed by atoms with Crippen LogP contribution >= 0.6 is 11.6 Å². The van der Waals surface area contributed by atoms with Crippen molar-refractivity contribution in [1.29, 1.82) is 0 Å². The minimum Gasteiger partial charge on any atom is -0.383 e. The van der Waals surface area contributed by atoms with Crippen LogP contribution in [0.25, 0.3) is 5.78 Å². The van der Waals surface area contributed by atoms with E-state index in [0.717, 1.165) is 40.9 Å². The molecule has 7 nitrogen and oxygen atoms in total. The van der Waals surface area contributed by atoms with E-state index < -0.39 is 0 Å². The topological polar surface area (TPSA) is 94.0 Å². The van der Waals surface area contributed by atoms with Gasteiger partial charge in [-0.15, -0.1) is 5.10 Å². The van der Waals surface area contributed by atoms with E-state index in [2.05, 4.69) is 43.6 Å². The molecule has 0 unspecified atom stereocenters.